The average Bonchev–Trinajstić information content (AvgIpc) is 3.17. The summed E-state index contributed by atoms with van der Waals surface area (Å²) in [6, 6.07) is 9.43. The molecule has 6 nitrogen and oxygen atoms in total. The first-order valence-corrected chi connectivity index (χ1v) is 7.99. The van der Waals surface area contributed by atoms with Crippen molar-refractivity contribution in [2.24, 2.45) is 0 Å². The zero-order chi connectivity index (χ0) is 16.2. The van der Waals surface area contributed by atoms with E-state index in [2.05, 4.69) is 15.2 Å². The minimum Gasteiger partial charge on any atom is -0.452 e. The molecule has 118 valence electrons. The molecule has 2 aromatic heterocycles. The summed E-state index contributed by atoms with van der Waals surface area (Å²) in [5, 5.41) is 10.7. The number of benzene rings is 1. The predicted molar refractivity (Wildman–Crippen MR) is 84.8 cm³/mol. The Morgan fingerprint density at radius 1 is 1.30 bits per heavy atom. The number of carbonyl (C=O) groups is 1. The number of ether oxygens (including phenoxy) is 1. The molecule has 0 aliphatic rings. The SMILES string of the molecule is Cc1nc(CC(=O)OC(C)c2nnc(-c3ccccc3)o2)cs1. The Morgan fingerprint density at radius 2 is 2.09 bits per heavy atom. The van der Waals surface area contributed by atoms with Gasteiger partial charge in [-0.05, 0) is 26.0 Å². The highest BCUT2D eigenvalue weighted by Crippen LogP contribution is 2.22. The number of carbonyl (C=O) groups excluding carboxylic acids is 1. The zero-order valence-electron chi connectivity index (χ0n) is 12.7. The molecule has 0 fully saturated rings. The molecule has 1 unspecified atom stereocenters. The van der Waals surface area contributed by atoms with E-state index in [9.17, 15) is 4.79 Å². The van der Waals surface area contributed by atoms with E-state index in [0.29, 0.717) is 11.6 Å². The van der Waals surface area contributed by atoms with Crippen LogP contribution in [-0.2, 0) is 16.0 Å². The van der Waals surface area contributed by atoms with Crippen LogP contribution in [0.1, 0.15) is 29.6 Å². The average molecular weight is 329 g/mol. The maximum Gasteiger partial charge on any atom is 0.312 e. The molecule has 0 radical (unpaired) electrons. The van der Waals surface area contributed by atoms with E-state index in [1.807, 2.05) is 42.6 Å². The monoisotopic (exact) mass is 329 g/mol. The molecule has 3 aromatic rings. The van der Waals surface area contributed by atoms with Gasteiger partial charge in [0.15, 0.2) is 6.10 Å². The van der Waals surface area contributed by atoms with Crippen molar-refractivity contribution in [3.8, 4) is 11.5 Å². The van der Waals surface area contributed by atoms with E-state index in [1.165, 1.54) is 11.3 Å². The Balaban J connectivity index is 1.63. The van der Waals surface area contributed by atoms with Crippen LogP contribution in [0.2, 0.25) is 0 Å². The largest absolute Gasteiger partial charge is 0.452 e. The summed E-state index contributed by atoms with van der Waals surface area (Å²) in [4.78, 5) is 16.2. The minimum atomic E-state index is -0.604. The van der Waals surface area contributed by atoms with Crippen LogP contribution in [0.4, 0.5) is 0 Å². The number of aryl methyl sites for hydroxylation is 1. The zero-order valence-corrected chi connectivity index (χ0v) is 13.5. The third kappa shape index (κ3) is 3.81. The molecule has 0 bridgehead atoms. The van der Waals surface area contributed by atoms with Crippen molar-refractivity contribution in [1.29, 1.82) is 0 Å². The lowest BCUT2D eigenvalue weighted by Crippen LogP contribution is -2.12. The molecule has 2 heterocycles. The van der Waals surface area contributed by atoms with Crippen molar-refractivity contribution >= 4 is 17.3 Å². The van der Waals surface area contributed by atoms with E-state index in [1.54, 1.807) is 6.92 Å². The second-order valence-corrected chi connectivity index (χ2v) is 6.04. The van der Waals surface area contributed by atoms with Gasteiger partial charge in [-0.2, -0.15) is 0 Å². The van der Waals surface area contributed by atoms with Crippen molar-refractivity contribution in [2.45, 2.75) is 26.4 Å². The van der Waals surface area contributed by atoms with Gasteiger partial charge in [0.2, 0.25) is 5.89 Å². The summed E-state index contributed by atoms with van der Waals surface area (Å²) in [5.74, 6) is 0.299. The van der Waals surface area contributed by atoms with Crippen molar-refractivity contribution in [3.63, 3.8) is 0 Å². The van der Waals surface area contributed by atoms with Crippen molar-refractivity contribution < 1.29 is 13.9 Å². The third-order valence-corrected chi connectivity index (χ3v) is 3.93. The second-order valence-electron chi connectivity index (χ2n) is 4.98. The van der Waals surface area contributed by atoms with Gasteiger partial charge >= 0.3 is 5.97 Å². The second kappa shape index (κ2) is 6.70. The first-order valence-electron chi connectivity index (χ1n) is 7.11. The van der Waals surface area contributed by atoms with Gasteiger partial charge in [0.25, 0.3) is 5.89 Å². The van der Waals surface area contributed by atoms with E-state index in [0.717, 1.165) is 10.6 Å². The highest BCUT2D eigenvalue weighted by molar-refractivity contribution is 7.09. The summed E-state index contributed by atoms with van der Waals surface area (Å²) in [6.07, 6.45) is -0.471. The van der Waals surface area contributed by atoms with Gasteiger partial charge in [0.05, 0.1) is 17.1 Å². The number of thiazole rings is 1. The molecule has 0 saturated heterocycles. The number of rotatable bonds is 5. The molecule has 3 rings (SSSR count). The summed E-state index contributed by atoms with van der Waals surface area (Å²) < 4.78 is 10.9. The maximum absolute atomic E-state index is 11.9. The molecule has 0 aliphatic carbocycles. The molecule has 0 saturated carbocycles. The van der Waals surface area contributed by atoms with Crippen molar-refractivity contribution in [1.82, 2.24) is 15.2 Å². The summed E-state index contributed by atoms with van der Waals surface area (Å²) in [5.41, 5.74) is 1.53. The van der Waals surface area contributed by atoms with E-state index in [-0.39, 0.29) is 18.3 Å². The van der Waals surface area contributed by atoms with Crippen LogP contribution in [0.25, 0.3) is 11.5 Å². The molecule has 0 aliphatic heterocycles. The van der Waals surface area contributed by atoms with E-state index >= 15 is 0 Å². The van der Waals surface area contributed by atoms with Crippen LogP contribution in [0.15, 0.2) is 40.1 Å². The highest BCUT2D eigenvalue weighted by Gasteiger charge is 2.19. The lowest BCUT2D eigenvalue weighted by atomic mass is 10.2. The van der Waals surface area contributed by atoms with Crippen LogP contribution in [-0.4, -0.2) is 21.2 Å². The van der Waals surface area contributed by atoms with Gasteiger partial charge in [0.1, 0.15) is 0 Å². The van der Waals surface area contributed by atoms with Crippen LogP contribution >= 0.6 is 11.3 Å². The molecule has 1 aromatic carbocycles. The summed E-state index contributed by atoms with van der Waals surface area (Å²) in [7, 11) is 0. The van der Waals surface area contributed by atoms with Crippen molar-refractivity contribution in [2.75, 3.05) is 0 Å². The lowest BCUT2D eigenvalue weighted by Gasteiger charge is -2.08. The van der Waals surface area contributed by atoms with Crippen LogP contribution in [0, 0.1) is 6.92 Å². The Hall–Kier alpha value is -2.54. The molecule has 1 atom stereocenters. The van der Waals surface area contributed by atoms with Gasteiger partial charge < -0.3 is 9.15 Å². The van der Waals surface area contributed by atoms with Gasteiger partial charge in [0, 0.05) is 10.9 Å². The van der Waals surface area contributed by atoms with Gasteiger partial charge in [-0.15, -0.1) is 21.5 Å². The Bertz CT molecular complexity index is 798. The molecular formula is C16H15N3O3S. The van der Waals surface area contributed by atoms with E-state index in [4.69, 9.17) is 9.15 Å². The number of aromatic nitrogens is 3. The Labute approximate surface area is 137 Å². The normalized spacial score (nSPS) is 12.1. The quantitative estimate of drug-likeness (QED) is 0.668. The minimum absolute atomic E-state index is 0.133. The first kappa shape index (κ1) is 15.4. The predicted octanol–water partition coefficient (Wildman–Crippen LogP) is 3.35. The van der Waals surface area contributed by atoms with Gasteiger partial charge in [-0.3, -0.25) is 4.79 Å². The fourth-order valence-corrected chi connectivity index (χ4v) is 2.64. The maximum atomic E-state index is 11.9. The molecule has 7 heteroatoms. The van der Waals surface area contributed by atoms with E-state index < -0.39 is 6.10 Å². The number of nitrogens with zero attached hydrogens (tertiary/aromatic N) is 3. The molecule has 0 amide bonds. The van der Waals surface area contributed by atoms with Gasteiger partial charge in [-0.1, -0.05) is 18.2 Å². The standard InChI is InChI=1S/C16H15N3O3S/c1-10(21-14(20)8-13-9-23-11(2)17-13)15-18-19-16(22-15)12-6-4-3-5-7-12/h3-7,9-10H,8H2,1-2H3. The molecule has 0 N–H and O–H groups in total. The number of hydrogen-bond donors (Lipinski definition) is 0. The van der Waals surface area contributed by atoms with Crippen LogP contribution in [0.3, 0.4) is 0 Å². The fourth-order valence-electron chi connectivity index (χ4n) is 2.02. The summed E-state index contributed by atoms with van der Waals surface area (Å²) >= 11 is 1.50. The third-order valence-electron chi connectivity index (χ3n) is 3.11. The fraction of sp³-hybridized carbons (Fsp3) is 0.250. The Kier molecular flexibility index (Phi) is 4.47. The lowest BCUT2D eigenvalue weighted by molar-refractivity contribution is -0.148. The topological polar surface area (TPSA) is 78.1 Å². The molecule has 23 heavy (non-hydrogen) atoms. The first-order chi connectivity index (χ1) is 11.1. The molecule has 0 spiro atoms. The Morgan fingerprint density at radius 3 is 2.78 bits per heavy atom. The van der Waals surface area contributed by atoms with Crippen molar-refractivity contribution in [3.05, 3.63) is 52.3 Å². The molecular weight excluding hydrogens is 314 g/mol. The number of esters is 1. The van der Waals surface area contributed by atoms with Crippen LogP contribution < -0.4 is 0 Å². The number of hydrogen-bond acceptors (Lipinski definition) is 7. The van der Waals surface area contributed by atoms with Gasteiger partial charge in [-0.25, -0.2) is 4.98 Å². The van der Waals surface area contributed by atoms with Crippen LogP contribution in [0.5, 0.6) is 0 Å². The smallest absolute Gasteiger partial charge is 0.312 e. The highest BCUT2D eigenvalue weighted by atomic mass is 32.1. The summed E-state index contributed by atoms with van der Waals surface area (Å²) in [6.45, 7) is 3.60.